The summed E-state index contributed by atoms with van der Waals surface area (Å²) in [5.41, 5.74) is 0.880. The topological polar surface area (TPSA) is 68.1 Å². The second kappa shape index (κ2) is 4.31. The van der Waals surface area contributed by atoms with Crippen molar-refractivity contribution in [1.82, 2.24) is 4.98 Å². The Morgan fingerprint density at radius 2 is 2.24 bits per heavy atom. The summed E-state index contributed by atoms with van der Waals surface area (Å²) in [6.45, 7) is 3.95. The molecule has 1 N–H and O–H groups in total. The average molecular weight is 235 g/mol. The third kappa shape index (κ3) is 2.23. The van der Waals surface area contributed by atoms with E-state index < -0.39 is 0 Å². The van der Waals surface area contributed by atoms with E-state index in [1.807, 2.05) is 6.92 Å². The lowest BCUT2D eigenvalue weighted by atomic mass is 9.75. The first-order valence-corrected chi connectivity index (χ1v) is 5.96. The summed E-state index contributed by atoms with van der Waals surface area (Å²) in [5.74, 6) is 0.413. The molecule has 1 aromatic heterocycles. The summed E-state index contributed by atoms with van der Waals surface area (Å²) in [5, 5.41) is 14.2. The minimum Gasteiger partial charge on any atom is -0.359 e. The molecule has 0 amide bonds. The van der Waals surface area contributed by atoms with Crippen LogP contribution in [0, 0.1) is 17.0 Å². The van der Waals surface area contributed by atoms with E-state index in [4.69, 9.17) is 0 Å². The van der Waals surface area contributed by atoms with Crippen molar-refractivity contribution in [3.8, 4) is 0 Å². The number of hydrogen-bond acceptors (Lipinski definition) is 4. The normalized spacial score (nSPS) is 17.3. The number of nitrogens with one attached hydrogen (secondary N) is 1. The van der Waals surface area contributed by atoms with Crippen molar-refractivity contribution < 1.29 is 4.92 Å². The smallest absolute Gasteiger partial charge is 0.311 e. The molecule has 0 spiro atoms. The fourth-order valence-corrected chi connectivity index (χ4v) is 2.21. The van der Waals surface area contributed by atoms with Crippen molar-refractivity contribution in [2.45, 2.75) is 45.1 Å². The molecule has 5 heteroatoms. The van der Waals surface area contributed by atoms with E-state index >= 15 is 0 Å². The summed E-state index contributed by atoms with van der Waals surface area (Å²) in [6, 6.07) is 3.19. The van der Waals surface area contributed by atoms with Crippen molar-refractivity contribution in [2.75, 3.05) is 5.32 Å². The van der Waals surface area contributed by atoms with Gasteiger partial charge in [-0.15, -0.1) is 0 Å². The molecule has 1 aromatic rings. The number of rotatable bonds is 4. The Morgan fingerprint density at radius 1 is 1.53 bits per heavy atom. The van der Waals surface area contributed by atoms with Crippen LogP contribution in [0.15, 0.2) is 12.1 Å². The molecule has 0 aromatic carbocycles. The van der Waals surface area contributed by atoms with E-state index in [9.17, 15) is 10.1 Å². The van der Waals surface area contributed by atoms with Gasteiger partial charge in [-0.05, 0) is 38.7 Å². The number of hydrogen-bond donors (Lipinski definition) is 1. The standard InChI is InChI=1S/C12H17N3O2/c1-3-12(7-4-8-12)14-11-10(15(16)17)6-5-9(2)13-11/h5-6H,3-4,7-8H2,1-2H3,(H,13,14). The molecule has 1 heterocycles. The van der Waals surface area contributed by atoms with E-state index in [1.165, 1.54) is 12.5 Å². The first-order chi connectivity index (χ1) is 8.06. The Labute approximate surface area is 100 Å². The van der Waals surface area contributed by atoms with Crippen LogP contribution >= 0.6 is 0 Å². The van der Waals surface area contributed by atoms with Gasteiger partial charge in [-0.2, -0.15) is 0 Å². The molecule has 2 rings (SSSR count). The largest absolute Gasteiger partial charge is 0.359 e. The second-order valence-electron chi connectivity index (χ2n) is 4.69. The molecule has 1 aliphatic carbocycles. The van der Waals surface area contributed by atoms with Crippen molar-refractivity contribution in [3.05, 3.63) is 27.9 Å². The van der Waals surface area contributed by atoms with Gasteiger partial charge < -0.3 is 5.32 Å². The number of nitrogens with zero attached hydrogens (tertiary/aromatic N) is 2. The lowest BCUT2D eigenvalue weighted by Gasteiger charge is -2.42. The third-order valence-corrected chi connectivity index (χ3v) is 3.58. The van der Waals surface area contributed by atoms with Crippen LogP contribution in [0.3, 0.4) is 0 Å². The van der Waals surface area contributed by atoms with Crippen molar-refractivity contribution >= 4 is 11.5 Å². The predicted molar refractivity (Wildman–Crippen MR) is 66.1 cm³/mol. The molecule has 5 nitrogen and oxygen atoms in total. The molecule has 0 bridgehead atoms. The Kier molecular flexibility index (Phi) is 3.00. The first kappa shape index (κ1) is 11.8. The molecule has 92 valence electrons. The molecular weight excluding hydrogens is 218 g/mol. The molecule has 0 aliphatic heterocycles. The van der Waals surface area contributed by atoms with Gasteiger partial charge in [0.25, 0.3) is 0 Å². The Hall–Kier alpha value is -1.65. The highest BCUT2D eigenvalue weighted by Crippen LogP contribution is 2.39. The van der Waals surface area contributed by atoms with Gasteiger partial charge in [0.1, 0.15) is 0 Å². The van der Waals surface area contributed by atoms with E-state index in [2.05, 4.69) is 17.2 Å². The molecule has 0 saturated heterocycles. The van der Waals surface area contributed by atoms with Crippen molar-refractivity contribution in [1.29, 1.82) is 0 Å². The minimum absolute atomic E-state index is 0.0194. The van der Waals surface area contributed by atoms with Gasteiger partial charge in [0, 0.05) is 17.3 Å². The molecule has 0 atom stereocenters. The Balaban J connectivity index is 2.30. The molecular formula is C12H17N3O2. The molecule has 0 unspecified atom stereocenters. The number of anilines is 1. The zero-order chi connectivity index (χ0) is 12.5. The zero-order valence-corrected chi connectivity index (χ0v) is 10.2. The van der Waals surface area contributed by atoms with Crippen LogP contribution in [0.1, 0.15) is 38.3 Å². The highest BCUT2D eigenvalue weighted by molar-refractivity contribution is 5.57. The second-order valence-corrected chi connectivity index (χ2v) is 4.69. The van der Waals surface area contributed by atoms with Crippen molar-refractivity contribution in [2.24, 2.45) is 0 Å². The predicted octanol–water partition coefficient (Wildman–Crippen LogP) is 3.04. The monoisotopic (exact) mass is 235 g/mol. The fourth-order valence-electron chi connectivity index (χ4n) is 2.21. The van der Waals surface area contributed by atoms with E-state index in [0.29, 0.717) is 5.82 Å². The minimum atomic E-state index is -0.378. The van der Waals surface area contributed by atoms with E-state index in [1.54, 1.807) is 6.07 Å². The molecule has 0 radical (unpaired) electrons. The van der Waals surface area contributed by atoms with Crippen molar-refractivity contribution in [3.63, 3.8) is 0 Å². The summed E-state index contributed by atoms with van der Waals surface area (Å²) in [4.78, 5) is 14.8. The van der Waals surface area contributed by atoms with Gasteiger partial charge in [0.05, 0.1) is 4.92 Å². The van der Waals surface area contributed by atoms with Crippen LogP contribution < -0.4 is 5.32 Å². The van der Waals surface area contributed by atoms with Crippen LogP contribution in [0.5, 0.6) is 0 Å². The number of pyridine rings is 1. The van der Waals surface area contributed by atoms with Gasteiger partial charge in [0.2, 0.25) is 5.82 Å². The van der Waals surface area contributed by atoms with Gasteiger partial charge in [-0.3, -0.25) is 10.1 Å². The summed E-state index contributed by atoms with van der Waals surface area (Å²) in [7, 11) is 0. The number of aryl methyl sites for hydroxylation is 1. The van der Waals surface area contributed by atoms with Gasteiger partial charge >= 0.3 is 5.69 Å². The molecule has 1 saturated carbocycles. The van der Waals surface area contributed by atoms with Gasteiger partial charge in [-0.1, -0.05) is 6.92 Å². The first-order valence-electron chi connectivity index (χ1n) is 5.96. The summed E-state index contributed by atoms with van der Waals surface area (Å²) >= 11 is 0. The maximum Gasteiger partial charge on any atom is 0.311 e. The van der Waals surface area contributed by atoms with E-state index in [-0.39, 0.29) is 16.1 Å². The lowest BCUT2D eigenvalue weighted by Crippen LogP contribution is -2.44. The molecule has 1 aliphatic rings. The highest BCUT2D eigenvalue weighted by atomic mass is 16.6. The molecule has 17 heavy (non-hydrogen) atoms. The van der Waals surface area contributed by atoms with Crippen LogP contribution in [-0.2, 0) is 0 Å². The Morgan fingerprint density at radius 3 is 2.71 bits per heavy atom. The Bertz CT molecular complexity index is 436. The maximum absolute atomic E-state index is 10.9. The maximum atomic E-state index is 10.9. The third-order valence-electron chi connectivity index (χ3n) is 3.58. The lowest BCUT2D eigenvalue weighted by molar-refractivity contribution is -0.384. The highest BCUT2D eigenvalue weighted by Gasteiger charge is 2.36. The zero-order valence-electron chi connectivity index (χ0n) is 10.2. The fraction of sp³-hybridized carbons (Fsp3) is 0.583. The van der Waals surface area contributed by atoms with Crippen LogP contribution in [0.25, 0.3) is 0 Å². The summed E-state index contributed by atoms with van der Waals surface area (Å²) in [6.07, 6.45) is 4.28. The van der Waals surface area contributed by atoms with E-state index in [0.717, 1.165) is 25.0 Å². The van der Waals surface area contributed by atoms with Crippen LogP contribution in [0.4, 0.5) is 11.5 Å². The van der Waals surface area contributed by atoms with Crippen LogP contribution in [-0.4, -0.2) is 15.4 Å². The molecule has 1 fully saturated rings. The summed E-state index contributed by atoms with van der Waals surface area (Å²) < 4.78 is 0. The van der Waals surface area contributed by atoms with Gasteiger partial charge in [0.15, 0.2) is 0 Å². The number of aromatic nitrogens is 1. The van der Waals surface area contributed by atoms with Crippen LogP contribution in [0.2, 0.25) is 0 Å². The average Bonchev–Trinajstić information content (AvgIpc) is 2.23. The quantitative estimate of drug-likeness (QED) is 0.643. The van der Waals surface area contributed by atoms with Gasteiger partial charge in [-0.25, -0.2) is 4.98 Å². The number of nitro groups is 1. The SMILES string of the molecule is CCC1(Nc2nc(C)ccc2[N+](=O)[O-])CCC1.